The molecule has 0 fully saturated rings. The summed E-state index contributed by atoms with van der Waals surface area (Å²) in [6.07, 6.45) is 21.7. The van der Waals surface area contributed by atoms with Crippen molar-refractivity contribution in [2.24, 2.45) is 11.3 Å². The Bertz CT molecular complexity index is 797. The van der Waals surface area contributed by atoms with Crippen molar-refractivity contribution in [3.63, 3.8) is 0 Å². The molecule has 0 N–H and O–H groups in total. The molecule has 2 nitrogen and oxygen atoms in total. The second-order valence-electron chi connectivity index (χ2n) is 11.3. The van der Waals surface area contributed by atoms with Crippen LogP contribution in [0.1, 0.15) is 120 Å². The van der Waals surface area contributed by atoms with Gasteiger partial charge in [0.15, 0.2) is 0 Å². The van der Waals surface area contributed by atoms with Crippen LogP contribution in [0, 0.1) is 11.3 Å². The summed E-state index contributed by atoms with van der Waals surface area (Å²) in [5.74, 6) is 0.282. The molecule has 0 aliphatic heterocycles. The molecule has 0 aromatic carbocycles. The monoisotopic (exact) mass is 468 g/mol. The Hall–Kier alpha value is -1.83. The number of carbonyl (C=O) groups excluding carboxylic acids is 1. The number of unbranched alkanes of at least 4 members (excludes halogenated alkanes) is 1. The third-order valence-corrected chi connectivity index (χ3v) is 7.34. The van der Waals surface area contributed by atoms with Gasteiger partial charge in [-0.15, -0.1) is 0 Å². The molecule has 1 rings (SSSR count). The maximum Gasteiger partial charge on any atom is 0.302 e. The predicted molar refractivity (Wildman–Crippen MR) is 149 cm³/mol. The molecule has 1 aliphatic rings. The number of rotatable bonds is 13. The quantitative estimate of drug-likeness (QED) is 0.153. The van der Waals surface area contributed by atoms with E-state index in [9.17, 15) is 4.79 Å². The van der Waals surface area contributed by atoms with Crippen molar-refractivity contribution in [2.75, 3.05) is 0 Å². The summed E-state index contributed by atoms with van der Waals surface area (Å²) in [6, 6.07) is 0. The van der Waals surface area contributed by atoms with Crippen LogP contribution in [0.25, 0.3) is 0 Å². The fourth-order valence-electron chi connectivity index (χ4n) is 5.02. The number of hydrogen-bond acceptors (Lipinski definition) is 2. The summed E-state index contributed by atoms with van der Waals surface area (Å²) in [4.78, 5) is 11.5. The molecule has 0 saturated carbocycles. The van der Waals surface area contributed by atoms with Gasteiger partial charge in [-0.2, -0.15) is 0 Å². The minimum atomic E-state index is -0.171. The van der Waals surface area contributed by atoms with Gasteiger partial charge >= 0.3 is 5.97 Å². The lowest BCUT2D eigenvalue weighted by atomic mass is 9.65. The SMILES string of the molecule is CC(=O)OC1CC=C(C)C(CCC(C)=CCCC=C(C)CCC=C(C)CCC=C(C)C)C1(C)C. The molecule has 0 amide bonds. The van der Waals surface area contributed by atoms with E-state index < -0.39 is 0 Å². The van der Waals surface area contributed by atoms with E-state index in [4.69, 9.17) is 4.74 Å². The van der Waals surface area contributed by atoms with E-state index in [0.717, 1.165) is 51.4 Å². The van der Waals surface area contributed by atoms with Crippen LogP contribution in [0.3, 0.4) is 0 Å². The van der Waals surface area contributed by atoms with E-state index in [1.54, 1.807) is 0 Å². The molecule has 2 heteroatoms. The standard InChI is InChI=1S/C32H52O2/c1-24(2)14-12-17-26(4)19-13-18-25(3)15-10-11-16-27(5)20-22-30-28(6)21-23-31(32(30,8)9)34-29(7)33/h14-16,19,21,30-31H,10-13,17-18,20,22-23H2,1-9H3. The largest absolute Gasteiger partial charge is 0.462 e. The Morgan fingerprint density at radius 2 is 1.35 bits per heavy atom. The summed E-state index contributed by atoms with van der Waals surface area (Å²) >= 11 is 0. The lowest BCUT2D eigenvalue weighted by Gasteiger charge is -2.44. The highest BCUT2D eigenvalue weighted by atomic mass is 16.5. The summed E-state index contributed by atoms with van der Waals surface area (Å²) in [5.41, 5.74) is 7.31. The van der Waals surface area contributed by atoms with Crippen molar-refractivity contribution >= 4 is 5.97 Å². The fourth-order valence-corrected chi connectivity index (χ4v) is 5.02. The highest BCUT2D eigenvalue weighted by molar-refractivity contribution is 5.66. The lowest BCUT2D eigenvalue weighted by Crippen LogP contribution is -2.42. The number of esters is 1. The van der Waals surface area contributed by atoms with Crippen LogP contribution in [0.4, 0.5) is 0 Å². The molecule has 0 saturated heterocycles. The Balaban J connectivity index is 2.43. The van der Waals surface area contributed by atoms with Crippen LogP contribution in [0.15, 0.2) is 58.2 Å². The zero-order valence-electron chi connectivity index (χ0n) is 23.7. The van der Waals surface area contributed by atoms with Gasteiger partial charge in [-0.25, -0.2) is 0 Å². The van der Waals surface area contributed by atoms with Gasteiger partial charge in [-0.3, -0.25) is 4.79 Å². The summed E-state index contributed by atoms with van der Waals surface area (Å²) in [7, 11) is 0. The van der Waals surface area contributed by atoms with Crippen molar-refractivity contribution in [1.29, 1.82) is 0 Å². The van der Waals surface area contributed by atoms with Crippen molar-refractivity contribution < 1.29 is 9.53 Å². The van der Waals surface area contributed by atoms with E-state index in [0.29, 0.717) is 5.92 Å². The summed E-state index contributed by atoms with van der Waals surface area (Å²) in [5, 5.41) is 0. The molecule has 1 aliphatic carbocycles. The number of allylic oxidation sites excluding steroid dienone is 9. The average Bonchev–Trinajstić information content (AvgIpc) is 2.72. The van der Waals surface area contributed by atoms with Crippen LogP contribution in [0.5, 0.6) is 0 Å². The normalized spacial score (nSPS) is 21.2. The summed E-state index contributed by atoms with van der Waals surface area (Å²) < 4.78 is 5.65. The fraction of sp³-hybridized carbons (Fsp3) is 0.656. The highest BCUT2D eigenvalue weighted by Gasteiger charge is 2.41. The first-order valence-corrected chi connectivity index (χ1v) is 13.4. The van der Waals surface area contributed by atoms with E-state index in [-0.39, 0.29) is 17.5 Å². The number of carbonyl (C=O) groups is 1. The van der Waals surface area contributed by atoms with Gasteiger partial charge in [0, 0.05) is 18.8 Å². The van der Waals surface area contributed by atoms with Gasteiger partial charge in [0.2, 0.25) is 0 Å². The number of ether oxygens (including phenoxy) is 1. The first-order valence-electron chi connectivity index (χ1n) is 13.4. The number of hydrogen-bond donors (Lipinski definition) is 0. The molecule has 2 unspecified atom stereocenters. The first-order chi connectivity index (χ1) is 15.9. The Morgan fingerprint density at radius 1 is 0.853 bits per heavy atom. The molecular weight excluding hydrogens is 416 g/mol. The van der Waals surface area contributed by atoms with Crippen LogP contribution in [0.2, 0.25) is 0 Å². The van der Waals surface area contributed by atoms with Crippen LogP contribution >= 0.6 is 0 Å². The molecule has 0 heterocycles. The Kier molecular flexibility index (Phi) is 13.5. The van der Waals surface area contributed by atoms with Crippen LogP contribution in [-0.4, -0.2) is 12.1 Å². The zero-order valence-corrected chi connectivity index (χ0v) is 23.7. The molecule has 0 aromatic heterocycles. The molecule has 0 bridgehead atoms. The Morgan fingerprint density at radius 3 is 1.88 bits per heavy atom. The van der Waals surface area contributed by atoms with Crippen molar-refractivity contribution in [3.8, 4) is 0 Å². The van der Waals surface area contributed by atoms with Gasteiger partial charge in [0.25, 0.3) is 0 Å². The topological polar surface area (TPSA) is 26.3 Å². The lowest BCUT2D eigenvalue weighted by molar-refractivity contribution is -0.155. The second kappa shape index (κ2) is 15.2. The maximum atomic E-state index is 11.5. The minimum Gasteiger partial charge on any atom is -0.462 e. The van der Waals surface area contributed by atoms with Gasteiger partial charge in [0.1, 0.15) is 6.10 Å². The van der Waals surface area contributed by atoms with Crippen LogP contribution in [-0.2, 0) is 9.53 Å². The third-order valence-electron chi connectivity index (χ3n) is 7.34. The van der Waals surface area contributed by atoms with Crippen molar-refractivity contribution in [1.82, 2.24) is 0 Å². The second-order valence-corrected chi connectivity index (χ2v) is 11.3. The smallest absolute Gasteiger partial charge is 0.302 e. The predicted octanol–water partition coefficient (Wildman–Crippen LogP) is 9.84. The van der Waals surface area contributed by atoms with Gasteiger partial charge < -0.3 is 4.74 Å². The third kappa shape index (κ3) is 11.5. The maximum absolute atomic E-state index is 11.5. The minimum absolute atomic E-state index is 0.0212. The van der Waals surface area contributed by atoms with E-state index >= 15 is 0 Å². The van der Waals surface area contributed by atoms with Gasteiger partial charge in [-0.1, -0.05) is 72.1 Å². The molecule has 2 atom stereocenters. The first kappa shape index (κ1) is 30.2. The molecule has 34 heavy (non-hydrogen) atoms. The van der Waals surface area contributed by atoms with E-state index in [1.165, 1.54) is 41.2 Å². The zero-order chi connectivity index (χ0) is 25.7. The van der Waals surface area contributed by atoms with Crippen molar-refractivity contribution in [3.05, 3.63) is 58.2 Å². The summed E-state index contributed by atoms with van der Waals surface area (Å²) in [6.45, 7) is 19.4. The Labute approximate surface area is 211 Å². The van der Waals surface area contributed by atoms with Crippen molar-refractivity contribution in [2.45, 2.75) is 126 Å². The van der Waals surface area contributed by atoms with Crippen LogP contribution < -0.4 is 0 Å². The average molecular weight is 469 g/mol. The van der Waals surface area contributed by atoms with Gasteiger partial charge in [-0.05, 0) is 98.8 Å². The molecule has 0 radical (unpaired) electrons. The molecular formula is C32H52O2. The highest BCUT2D eigenvalue weighted by Crippen LogP contribution is 2.45. The molecule has 0 spiro atoms. The van der Waals surface area contributed by atoms with E-state index in [2.05, 4.69) is 85.8 Å². The molecule has 192 valence electrons. The molecule has 0 aromatic rings. The van der Waals surface area contributed by atoms with E-state index in [1.807, 2.05) is 0 Å². The van der Waals surface area contributed by atoms with Gasteiger partial charge in [0.05, 0.1) is 0 Å².